The van der Waals surface area contributed by atoms with Crippen molar-refractivity contribution in [3.63, 3.8) is 0 Å². The highest BCUT2D eigenvalue weighted by molar-refractivity contribution is 5.30. The maximum Gasteiger partial charge on any atom is 0.226 e. The number of aryl methyl sites for hydroxylation is 1. The van der Waals surface area contributed by atoms with Crippen molar-refractivity contribution in [2.75, 3.05) is 18.5 Å². The third-order valence-corrected chi connectivity index (χ3v) is 3.73. The van der Waals surface area contributed by atoms with Gasteiger partial charge in [0.1, 0.15) is 0 Å². The van der Waals surface area contributed by atoms with Crippen LogP contribution in [0, 0.1) is 12.8 Å². The van der Waals surface area contributed by atoms with E-state index in [2.05, 4.69) is 22.2 Å². The maximum atomic E-state index is 5.93. The van der Waals surface area contributed by atoms with E-state index in [0.717, 1.165) is 31.5 Å². The Morgan fingerprint density at radius 2 is 2.05 bits per heavy atom. The quantitative estimate of drug-likeness (QED) is 0.836. The Balaban J connectivity index is 1.87. The van der Waals surface area contributed by atoms with E-state index in [0.29, 0.717) is 30.4 Å². The summed E-state index contributed by atoms with van der Waals surface area (Å²) < 4.78 is 5.57. The van der Waals surface area contributed by atoms with Crippen LogP contribution in [0.2, 0.25) is 0 Å². The number of hydrogen-bond donors (Lipinski definition) is 2. The molecule has 0 amide bonds. The predicted octanol–water partition coefficient (Wildman–Crippen LogP) is 2.50. The van der Waals surface area contributed by atoms with Crippen molar-refractivity contribution in [1.29, 1.82) is 0 Å². The summed E-state index contributed by atoms with van der Waals surface area (Å²) in [6.07, 6.45) is 5.63. The molecule has 2 rings (SSSR count). The fourth-order valence-electron chi connectivity index (χ4n) is 2.53. The third kappa shape index (κ3) is 4.63. The van der Waals surface area contributed by atoms with Crippen molar-refractivity contribution in [3.8, 4) is 5.88 Å². The van der Waals surface area contributed by atoms with Crippen molar-refractivity contribution in [2.24, 2.45) is 11.7 Å². The molecule has 1 aliphatic carbocycles. The molecule has 1 aliphatic rings. The van der Waals surface area contributed by atoms with Gasteiger partial charge in [0.15, 0.2) is 0 Å². The van der Waals surface area contributed by atoms with Crippen LogP contribution in [0.4, 0.5) is 5.95 Å². The van der Waals surface area contributed by atoms with Gasteiger partial charge >= 0.3 is 0 Å². The molecule has 0 unspecified atom stereocenters. The number of anilines is 1. The number of aromatic nitrogens is 2. The fraction of sp³-hybridized carbons (Fsp3) is 0.733. The summed E-state index contributed by atoms with van der Waals surface area (Å²) in [5.74, 6) is 2.01. The number of ether oxygens (including phenoxy) is 1. The van der Waals surface area contributed by atoms with Gasteiger partial charge in [-0.3, -0.25) is 0 Å². The number of hydrogen-bond acceptors (Lipinski definition) is 5. The molecule has 0 bridgehead atoms. The SMILES string of the molecule is CCCOc1cc(C)nc(NCC2CCC(N)CC2)n1. The molecular formula is C15H26N4O. The zero-order chi connectivity index (χ0) is 14.4. The molecule has 1 saturated carbocycles. The molecular weight excluding hydrogens is 252 g/mol. The Hall–Kier alpha value is -1.36. The van der Waals surface area contributed by atoms with E-state index in [-0.39, 0.29) is 0 Å². The Labute approximate surface area is 121 Å². The van der Waals surface area contributed by atoms with Crippen molar-refractivity contribution in [2.45, 2.75) is 52.0 Å². The second-order valence-corrected chi connectivity index (χ2v) is 5.68. The van der Waals surface area contributed by atoms with Crippen molar-refractivity contribution < 1.29 is 4.74 Å². The Morgan fingerprint density at radius 1 is 1.30 bits per heavy atom. The molecule has 0 aromatic carbocycles. The molecule has 1 aromatic rings. The van der Waals surface area contributed by atoms with Gasteiger partial charge in [-0.05, 0) is 44.9 Å². The highest BCUT2D eigenvalue weighted by Gasteiger charge is 2.18. The largest absolute Gasteiger partial charge is 0.478 e. The Morgan fingerprint density at radius 3 is 2.75 bits per heavy atom. The van der Waals surface area contributed by atoms with Crippen LogP contribution in [0.25, 0.3) is 0 Å². The summed E-state index contributed by atoms with van der Waals surface area (Å²) in [7, 11) is 0. The van der Waals surface area contributed by atoms with E-state index in [9.17, 15) is 0 Å². The fourth-order valence-corrected chi connectivity index (χ4v) is 2.53. The van der Waals surface area contributed by atoms with Crippen LogP contribution in [-0.2, 0) is 0 Å². The average Bonchev–Trinajstić information content (AvgIpc) is 2.44. The first kappa shape index (κ1) is 15.0. The molecule has 0 saturated heterocycles. The Bertz CT molecular complexity index is 416. The second-order valence-electron chi connectivity index (χ2n) is 5.68. The molecule has 1 heterocycles. The lowest BCUT2D eigenvalue weighted by atomic mass is 9.86. The van der Waals surface area contributed by atoms with Crippen molar-refractivity contribution in [1.82, 2.24) is 9.97 Å². The average molecular weight is 278 g/mol. The van der Waals surface area contributed by atoms with Gasteiger partial charge in [-0.1, -0.05) is 6.92 Å². The monoisotopic (exact) mass is 278 g/mol. The number of nitrogens with zero attached hydrogens (tertiary/aromatic N) is 2. The normalized spacial score (nSPS) is 22.6. The Kier molecular flexibility index (Phi) is 5.59. The van der Waals surface area contributed by atoms with Gasteiger partial charge in [0, 0.05) is 24.3 Å². The summed E-state index contributed by atoms with van der Waals surface area (Å²) in [4.78, 5) is 8.82. The van der Waals surface area contributed by atoms with Gasteiger partial charge in [0.05, 0.1) is 6.61 Å². The molecule has 5 heteroatoms. The molecule has 0 aliphatic heterocycles. The third-order valence-electron chi connectivity index (χ3n) is 3.73. The molecule has 112 valence electrons. The summed E-state index contributed by atoms with van der Waals surface area (Å²) >= 11 is 0. The molecule has 0 atom stereocenters. The number of rotatable bonds is 6. The molecule has 5 nitrogen and oxygen atoms in total. The lowest BCUT2D eigenvalue weighted by Crippen LogP contribution is -2.29. The first-order valence-electron chi connectivity index (χ1n) is 7.65. The number of nitrogens with one attached hydrogen (secondary N) is 1. The molecule has 3 N–H and O–H groups in total. The molecule has 1 fully saturated rings. The summed E-state index contributed by atoms with van der Waals surface area (Å²) in [6.45, 7) is 5.66. The molecule has 0 spiro atoms. The van der Waals surface area contributed by atoms with Crippen LogP contribution in [-0.4, -0.2) is 29.2 Å². The minimum atomic E-state index is 0.399. The van der Waals surface area contributed by atoms with Crippen LogP contribution in [0.5, 0.6) is 5.88 Å². The smallest absolute Gasteiger partial charge is 0.226 e. The van der Waals surface area contributed by atoms with E-state index in [1.807, 2.05) is 13.0 Å². The van der Waals surface area contributed by atoms with Crippen molar-refractivity contribution >= 4 is 5.95 Å². The zero-order valence-electron chi connectivity index (χ0n) is 12.6. The van der Waals surface area contributed by atoms with E-state index >= 15 is 0 Å². The highest BCUT2D eigenvalue weighted by Crippen LogP contribution is 2.23. The summed E-state index contributed by atoms with van der Waals surface area (Å²) in [6, 6.07) is 2.27. The van der Waals surface area contributed by atoms with Crippen LogP contribution in [0.1, 0.15) is 44.7 Å². The first-order valence-corrected chi connectivity index (χ1v) is 7.65. The van der Waals surface area contributed by atoms with Gasteiger partial charge in [0.2, 0.25) is 11.8 Å². The molecule has 1 aromatic heterocycles. The van der Waals surface area contributed by atoms with Crippen LogP contribution < -0.4 is 15.8 Å². The minimum absolute atomic E-state index is 0.399. The van der Waals surface area contributed by atoms with E-state index < -0.39 is 0 Å². The van der Waals surface area contributed by atoms with E-state index in [4.69, 9.17) is 10.5 Å². The van der Waals surface area contributed by atoms with E-state index in [1.54, 1.807) is 0 Å². The van der Waals surface area contributed by atoms with Gasteiger partial charge in [-0.2, -0.15) is 4.98 Å². The zero-order valence-corrected chi connectivity index (χ0v) is 12.6. The van der Waals surface area contributed by atoms with Crippen LogP contribution >= 0.6 is 0 Å². The first-order chi connectivity index (χ1) is 9.67. The summed E-state index contributed by atoms with van der Waals surface area (Å²) in [5, 5.41) is 3.34. The highest BCUT2D eigenvalue weighted by atomic mass is 16.5. The summed E-state index contributed by atoms with van der Waals surface area (Å²) in [5.41, 5.74) is 6.86. The van der Waals surface area contributed by atoms with E-state index in [1.165, 1.54) is 12.8 Å². The second kappa shape index (κ2) is 7.43. The van der Waals surface area contributed by atoms with Gasteiger partial charge in [-0.15, -0.1) is 0 Å². The van der Waals surface area contributed by atoms with Gasteiger partial charge in [0.25, 0.3) is 0 Å². The topological polar surface area (TPSA) is 73.1 Å². The standard InChI is InChI=1S/C15H26N4O/c1-3-8-20-14-9-11(2)18-15(19-14)17-10-12-4-6-13(16)7-5-12/h9,12-13H,3-8,10,16H2,1-2H3,(H,17,18,19). The maximum absolute atomic E-state index is 5.93. The molecule has 0 radical (unpaired) electrons. The van der Waals surface area contributed by atoms with Crippen molar-refractivity contribution in [3.05, 3.63) is 11.8 Å². The molecule has 20 heavy (non-hydrogen) atoms. The number of nitrogens with two attached hydrogens (primary N) is 1. The van der Waals surface area contributed by atoms with Crippen LogP contribution in [0.15, 0.2) is 6.07 Å². The van der Waals surface area contributed by atoms with Crippen LogP contribution in [0.3, 0.4) is 0 Å². The predicted molar refractivity (Wildman–Crippen MR) is 81.0 cm³/mol. The van der Waals surface area contributed by atoms with Gasteiger partial charge in [-0.25, -0.2) is 4.98 Å². The van der Waals surface area contributed by atoms with Gasteiger partial charge < -0.3 is 15.8 Å². The minimum Gasteiger partial charge on any atom is -0.478 e. The lowest BCUT2D eigenvalue weighted by Gasteiger charge is -2.26. The lowest BCUT2D eigenvalue weighted by molar-refractivity contribution is 0.304.